The fourth-order valence-corrected chi connectivity index (χ4v) is 8.73. The second kappa shape index (κ2) is 14.1. The molecule has 1 fully saturated rings. The van der Waals surface area contributed by atoms with E-state index in [4.69, 9.17) is 29.2 Å². The van der Waals surface area contributed by atoms with Gasteiger partial charge in [-0.2, -0.15) is 8.42 Å². The Balaban J connectivity index is 2.16. The maximum absolute atomic E-state index is 14.2. The van der Waals surface area contributed by atoms with Gasteiger partial charge in [0, 0.05) is 24.8 Å². The zero-order valence-electron chi connectivity index (χ0n) is 31.5. The zero-order valence-corrected chi connectivity index (χ0v) is 34.3. The Morgan fingerprint density at radius 1 is 1.08 bits per heavy atom. The number of hydrogen-bond donors (Lipinski definition) is 3. The Hall–Kier alpha value is -2.13. The molecule has 0 aromatic carbocycles. The topological polar surface area (TPSA) is 196 Å². The van der Waals surface area contributed by atoms with Crippen LogP contribution in [0.1, 0.15) is 73.6 Å². The quantitative estimate of drug-likeness (QED) is 0.162. The number of aryl methyl sites for hydroxylation is 1. The summed E-state index contributed by atoms with van der Waals surface area (Å²) >= 11 is 0. The van der Waals surface area contributed by atoms with Crippen LogP contribution in [-0.4, -0.2) is 77.1 Å². The first-order valence-corrected chi connectivity index (χ1v) is 24.1. The monoisotopic (exact) mass is 745 g/mol. The van der Waals surface area contributed by atoms with Gasteiger partial charge in [-0.05, 0) is 55.5 Å². The van der Waals surface area contributed by atoms with Gasteiger partial charge in [-0.25, -0.2) is 8.98 Å². The highest BCUT2D eigenvalue weighted by Gasteiger charge is 2.67. The minimum Gasteiger partial charge on any atom is -0.414 e. The van der Waals surface area contributed by atoms with Crippen LogP contribution in [0, 0.1) is 12.8 Å². The SMILES string of the molecule is Cc1cn(C2OC(CO[Si](C)(C)C(C)(C)C)C3(OS(=O)(=O)C=C3N)C2O[Si](C)(C)C(C)(C)C)c(=O)n(CCCNC(=O)[C@@H](N)C(C)C)c1=O. The molecule has 3 heterocycles. The fraction of sp³-hybridized carbons (Fsp3) is 0.781. The lowest BCUT2D eigenvalue weighted by Crippen LogP contribution is -2.59. The summed E-state index contributed by atoms with van der Waals surface area (Å²) in [6.45, 7) is 25.8. The number of carbonyl (C=O) groups excluding carboxylic acids is 1. The molecule has 5 atom stereocenters. The molecule has 0 aliphatic carbocycles. The Labute approximate surface area is 293 Å². The van der Waals surface area contributed by atoms with Gasteiger partial charge >= 0.3 is 5.69 Å². The average molecular weight is 746 g/mol. The molecule has 1 spiro atoms. The van der Waals surface area contributed by atoms with Gasteiger partial charge in [-0.15, -0.1) is 0 Å². The van der Waals surface area contributed by atoms with E-state index in [1.165, 1.54) is 10.8 Å². The molecule has 1 aromatic rings. The van der Waals surface area contributed by atoms with E-state index in [0.29, 0.717) is 0 Å². The van der Waals surface area contributed by atoms with Gasteiger partial charge in [-0.3, -0.25) is 18.7 Å². The molecule has 280 valence electrons. The van der Waals surface area contributed by atoms with Gasteiger partial charge in [0.1, 0.15) is 12.2 Å². The van der Waals surface area contributed by atoms with Gasteiger partial charge in [0.15, 0.2) is 28.5 Å². The van der Waals surface area contributed by atoms with E-state index in [9.17, 15) is 22.8 Å². The maximum Gasteiger partial charge on any atom is 0.333 e. The van der Waals surface area contributed by atoms with E-state index in [1.54, 1.807) is 6.92 Å². The first kappa shape index (κ1) is 41.3. The molecule has 49 heavy (non-hydrogen) atoms. The van der Waals surface area contributed by atoms with Gasteiger partial charge < -0.3 is 30.4 Å². The van der Waals surface area contributed by atoms with Crippen molar-refractivity contribution in [3.8, 4) is 0 Å². The highest BCUT2D eigenvalue weighted by molar-refractivity contribution is 7.90. The van der Waals surface area contributed by atoms with Crippen LogP contribution in [0.2, 0.25) is 36.3 Å². The van der Waals surface area contributed by atoms with Crippen molar-refractivity contribution in [3.05, 3.63) is 43.7 Å². The van der Waals surface area contributed by atoms with E-state index in [0.717, 1.165) is 9.98 Å². The molecule has 1 amide bonds. The minimum absolute atomic E-state index is 0.00695. The van der Waals surface area contributed by atoms with Gasteiger partial charge in [-0.1, -0.05) is 55.4 Å². The lowest BCUT2D eigenvalue weighted by atomic mass is 9.89. The van der Waals surface area contributed by atoms with Crippen LogP contribution in [-0.2, 0) is 39.2 Å². The van der Waals surface area contributed by atoms with Crippen molar-refractivity contribution in [1.82, 2.24) is 14.5 Å². The smallest absolute Gasteiger partial charge is 0.333 e. The molecule has 1 aromatic heterocycles. The average Bonchev–Trinajstić information content (AvgIpc) is 3.37. The number of carbonyl (C=O) groups is 1. The summed E-state index contributed by atoms with van der Waals surface area (Å²) in [5, 5.41) is 3.11. The number of nitrogens with zero attached hydrogens (tertiary/aromatic N) is 2. The van der Waals surface area contributed by atoms with Crippen LogP contribution in [0.4, 0.5) is 0 Å². The van der Waals surface area contributed by atoms with E-state index < -0.39 is 68.1 Å². The van der Waals surface area contributed by atoms with Crippen LogP contribution in [0.5, 0.6) is 0 Å². The molecule has 4 unspecified atom stereocenters. The van der Waals surface area contributed by atoms with Crippen LogP contribution >= 0.6 is 0 Å². The first-order chi connectivity index (χ1) is 22.1. The Kier molecular flexibility index (Phi) is 11.9. The summed E-state index contributed by atoms with van der Waals surface area (Å²) in [5.41, 5.74) is 9.60. The summed E-state index contributed by atoms with van der Waals surface area (Å²) < 4.78 is 54.5. The van der Waals surface area contributed by atoms with Crippen LogP contribution in [0.25, 0.3) is 0 Å². The molecule has 0 radical (unpaired) electrons. The molecule has 0 saturated carbocycles. The number of amides is 1. The van der Waals surface area contributed by atoms with E-state index >= 15 is 0 Å². The van der Waals surface area contributed by atoms with Crippen molar-refractivity contribution in [2.24, 2.45) is 17.4 Å². The second-order valence-corrected chi connectivity index (χ2v) is 27.7. The van der Waals surface area contributed by atoms with E-state index in [2.05, 4.69) is 39.2 Å². The van der Waals surface area contributed by atoms with Crippen molar-refractivity contribution < 1.29 is 31.0 Å². The van der Waals surface area contributed by atoms with Crippen LogP contribution < -0.4 is 28.0 Å². The van der Waals surface area contributed by atoms with E-state index in [1.807, 2.05) is 47.7 Å². The summed E-state index contributed by atoms with van der Waals surface area (Å²) in [7, 11) is -9.41. The summed E-state index contributed by atoms with van der Waals surface area (Å²) in [4.78, 5) is 39.9. The number of nitrogens with two attached hydrogens (primary N) is 2. The Morgan fingerprint density at radius 2 is 1.65 bits per heavy atom. The maximum atomic E-state index is 14.2. The third-order valence-corrected chi connectivity index (χ3v) is 20.6. The normalized spacial score (nSPS) is 25.2. The van der Waals surface area contributed by atoms with Gasteiger partial charge in [0.2, 0.25) is 5.91 Å². The minimum atomic E-state index is -4.26. The zero-order chi connectivity index (χ0) is 37.7. The van der Waals surface area contributed by atoms with Crippen molar-refractivity contribution in [2.45, 2.75) is 142 Å². The van der Waals surface area contributed by atoms with E-state index in [-0.39, 0.29) is 59.3 Å². The summed E-state index contributed by atoms with van der Waals surface area (Å²) in [6, 6.07) is -0.680. The third kappa shape index (κ3) is 8.34. The molecule has 2 aliphatic rings. The van der Waals surface area contributed by atoms with Gasteiger partial charge in [0.25, 0.3) is 15.7 Å². The lowest BCUT2D eigenvalue weighted by Gasteiger charge is -2.43. The van der Waals surface area contributed by atoms with Gasteiger partial charge in [0.05, 0.1) is 23.8 Å². The van der Waals surface area contributed by atoms with Crippen molar-refractivity contribution in [1.29, 1.82) is 0 Å². The fourth-order valence-electron chi connectivity index (χ4n) is 5.22. The highest BCUT2D eigenvalue weighted by Crippen LogP contribution is 2.52. The molecule has 14 nitrogen and oxygen atoms in total. The predicted octanol–water partition coefficient (Wildman–Crippen LogP) is 3.02. The molecule has 0 bridgehead atoms. The first-order valence-electron chi connectivity index (χ1n) is 16.9. The molecule has 5 N–H and O–H groups in total. The predicted molar refractivity (Wildman–Crippen MR) is 194 cm³/mol. The molecular formula is C32H59N5O9SSi2. The standard InChI is InChI=1S/C32H59N5O9SSi2/c1-20(2)24(34)26(38)35-15-14-16-36-27(39)21(3)17-37(29(36)40)28-25(45-49(12,13)31(7,8)9)32(22(33)19-47(41,42)46-32)23(44-28)18-43-48(10,11)30(4,5)6/h17,19-20,23-25,28H,14-16,18,33-34H2,1-13H3,(H,35,38)/t23?,24-,25?,28?,32?/m0/s1. The molecule has 3 rings (SSSR count). The third-order valence-electron chi connectivity index (χ3n) is 10.6. The lowest BCUT2D eigenvalue weighted by molar-refractivity contribution is -0.123. The van der Waals surface area contributed by atoms with Crippen molar-refractivity contribution in [2.75, 3.05) is 13.2 Å². The number of ether oxygens (including phenoxy) is 1. The number of rotatable bonds is 12. The molecule has 17 heteroatoms. The molecular weight excluding hydrogens is 687 g/mol. The molecule has 2 aliphatic heterocycles. The van der Waals surface area contributed by atoms with Crippen LogP contribution in [0.15, 0.2) is 26.9 Å². The van der Waals surface area contributed by atoms with Crippen molar-refractivity contribution in [3.63, 3.8) is 0 Å². The number of hydrogen-bond acceptors (Lipinski definition) is 11. The second-order valence-electron chi connectivity index (χ2n) is 16.7. The van der Waals surface area contributed by atoms with Crippen LogP contribution in [0.3, 0.4) is 0 Å². The highest BCUT2D eigenvalue weighted by atomic mass is 32.2. The number of nitrogens with one attached hydrogen (secondary N) is 1. The van der Waals surface area contributed by atoms with Crippen molar-refractivity contribution >= 4 is 32.7 Å². The summed E-state index contributed by atoms with van der Waals surface area (Å²) in [5.74, 6) is -0.371. The molecule has 1 saturated heterocycles. The summed E-state index contributed by atoms with van der Waals surface area (Å²) in [6.07, 6.45) is -1.89. The number of aromatic nitrogens is 2. The Bertz CT molecular complexity index is 1660. The Morgan fingerprint density at radius 3 is 2.14 bits per heavy atom. The largest absolute Gasteiger partial charge is 0.414 e.